The molecule has 0 aliphatic carbocycles. The number of rotatable bonds is 13. The Morgan fingerprint density at radius 1 is 1.02 bits per heavy atom. The molecule has 3 amide bonds. The van der Waals surface area contributed by atoms with Crippen LogP contribution in [0, 0.1) is 23.1 Å². The Labute approximate surface area is 352 Å². The van der Waals surface area contributed by atoms with Gasteiger partial charge in [-0.15, -0.1) is 0 Å². The largest absolute Gasteiger partial charge is 0.489 e. The molecule has 3 aliphatic heterocycles. The second kappa shape index (κ2) is 17.8. The van der Waals surface area contributed by atoms with E-state index < -0.39 is 34.6 Å². The maximum Gasteiger partial charge on any atom is 0.417 e. The fourth-order valence-electron chi connectivity index (χ4n) is 8.46. The number of amides is 3. The van der Waals surface area contributed by atoms with Crippen LogP contribution >= 0.6 is 12.2 Å². The number of hydrogen-bond acceptors (Lipinski definition) is 9. The standard InChI is InChI=1S/C44H48F4N6O5S/c1-6-30-19-34(54-42(60)53(41(58)43(54,4)5)33-12-10-32(22-49)36(20-33)44(46,47)48)21-37(45)39(30)59-15-14-51-23-26(2)52(27(3)24-51)25-35(55)18-29-9-7-8-28(16-29)17-31-11-13-38(56)50-40(31)57/h7-10,12,16,19-21,26-27,31H,6,11,13-15,17-18,23-25H2,1-5H3,(H,50,56,57)/t26-,27+,31?. The number of Topliss-reactive ketones (excluding diaryl/α,β-unsaturated/α-hetero) is 1. The van der Waals surface area contributed by atoms with Gasteiger partial charge in [0.1, 0.15) is 12.1 Å². The van der Waals surface area contributed by atoms with Crippen LogP contribution in [0.15, 0.2) is 54.6 Å². The molecule has 1 unspecified atom stereocenters. The molecule has 1 N–H and O–H groups in total. The van der Waals surface area contributed by atoms with Gasteiger partial charge in [-0.05, 0) is 100 Å². The number of ketones is 1. The summed E-state index contributed by atoms with van der Waals surface area (Å²) in [5.74, 6) is -1.94. The van der Waals surface area contributed by atoms with Crippen molar-refractivity contribution in [3.8, 4) is 11.8 Å². The van der Waals surface area contributed by atoms with Gasteiger partial charge in [-0.25, -0.2) is 4.39 Å². The van der Waals surface area contributed by atoms with E-state index in [4.69, 9.17) is 17.0 Å². The molecule has 3 saturated heterocycles. The first-order valence-electron chi connectivity index (χ1n) is 20.0. The number of alkyl halides is 3. The van der Waals surface area contributed by atoms with Gasteiger partial charge < -0.3 is 9.64 Å². The number of nitrogens with one attached hydrogen (secondary N) is 1. The summed E-state index contributed by atoms with van der Waals surface area (Å²) in [6.45, 7) is 11.4. The summed E-state index contributed by atoms with van der Waals surface area (Å²) in [5, 5.41) is 11.5. The van der Waals surface area contributed by atoms with Crippen molar-refractivity contribution < 1.29 is 41.5 Å². The van der Waals surface area contributed by atoms with E-state index in [9.17, 15) is 37.6 Å². The van der Waals surface area contributed by atoms with Crippen LogP contribution in [0.2, 0.25) is 0 Å². The third kappa shape index (κ3) is 9.38. The van der Waals surface area contributed by atoms with Crippen molar-refractivity contribution in [2.45, 2.75) is 90.5 Å². The van der Waals surface area contributed by atoms with Gasteiger partial charge in [0.15, 0.2) is 22.5 Å². The summed E-state index contributed by atoms with van der Waals surface area (Å²) in [7, 11) is 0. The number of aryl methyl sites for hydroxylation is 1. The number of ether oxygens (including phenoxy) is 1. The zero-order valence-corrected chi connectivity index (χ0v) is 35.0. The van der Waals surface area contributed by atoms with Crippen LogP contribution < -0.4 is 19.9 Å². The molecule has 60 heavy (non-hydrogen) atoms. The third-order valence-corrected chi connectivity index (χ3v) is 11.9. The van der Waals surface area contributed by atoms with Crippen LogP contribution in [0.1, 0.15) is 75.3 Å². The number of piperazine rings is 1. The number of nitriles is 1. The Bertz CT molecular complexity index is 2230. The van der Waals surface area contributed by atoms with Gasteiger partial charge in [0.2, 0.25) is 11.8 Å². The molecule has 0 saturated carbocycles. The normalized spacial score (nSPS) is 21.3. The molecule has 3 fully saturated rings. The fourth-order valence-corrected chi connectivity index (χ4v) is 8.98. The van der Waals surface area contributed by atoms with Crippen LogP contribution in [-0.2, 0) is 44.6 Å². The zero-order valence-electron chi connectivity index (χ0n) is 34.2. The van der Waals surface area contributed by atoms with Gasteiger partial charge in [0.25, 0.3) is 5.91 Å². The molecule has 3 atom stereocenters. The van der Waals surface area contributed by atoms with Gasteiger partial charge in [0, 0.05) is 62.2 Å². The maximum atomic E-state index is 16.0. The number of halogens is 4. The second-order valence-corrected chi connectivity index (χ2v) is 16.7. The number of carbonyl (C=O) groups excluding carboxylic acids is 4. The molecule has 0 bridgehead atoms. The van der Waals surface area contributed by atoms with Crippen LogP contribution in [0.4, 0.5) is 28.9 Å². The summed E-state index contributed by atoms with van der Waals surface area (Å²) in [5.41, 5.74) is -0.772. The van der Waals surface area contributed by atoms with E-state index in [1.165, 1.54) is 23.1 Å². The zero-order chi connectivity index (χ0) is 43.7. The molecule has 16 heteroatoms. The molecule has 3 aromatic carbocycles. The van der Waals surface area contributed by atoms with E-state index in [0.717, 1.165) is 28.2 Å². The van der Waals surface area contributed by atoms with Crippen molar-refractivity contribution in [1.29, 1.82) is 5.26 Å². The Morgan fingerprint density at radius 2 is 1.72 bits per heavy atom. The average Bonchev–Trinajstić information content (AvgIpc) is 3.36. The van der Waals surface area contributed by atoms with Crippen molar-refractivity contribution >= 4 is 52.2 Å². The lowest BCUT2D eigenvalue weighted by molar-refractivity contribution is -0.138. The Balaban J connectivity index is 1.05. The van der Waals surface area contributed by atoms with E-state index in [-0.39, 0.29) is 77.4 Å². The van der Waals surface area contributed by atoms with Crippen molar-refractivity contribution in [3.63, 3.8) is 0 Å². The number of hydrogen-bond donors (Lipinski definition) is 1. The van der Waals surface area contributed by atoms with Gasteiger partial charge in [-0.2, -0.15) is 18.4 Å². The van der Waals surface area contributed by atoms with Gasteiger partial charge in [-0.1, -0.05) is 31.2 Å². The van der Waals surface area contributed by atoms with Crippen LogP contribution in [-0.4, -0.2) is 88.8 Å². The van der Waals surface area contributed by atoms with E-state index in [1.54, 1.807) is 19.9 Å². The summed E-state index contributed by atoms with van der Waals surface area (Å²) in [6, 6.07) is 15.1. The highest BCUT2D eigenvalue weighted by molar-refractivity contribution is 7.81. The predicted molar refractivity (Wildman–Crippen MR) is 221 cm³/mol. The Kier molecular flexibility index (Phi) is 13.1. The number of anilines is 2. The smallest absolute Gasteiger partial charge is 0.417 e. The van der Waals surface area contributed by atoms with Crippen LogP contribution in [0.25, 0.3) is 0 Å². The molecule has 3 aliphatic rings. The number of nitrogens with zero attached hydrogens (tertiary/aromatic N) is 5. The van der Waals surface area contributed by atoms with E-state index >= 15 is 4.39 Å². The lowest BCUT2D eigenvalue weighted by Gasteiger charge is -2.44. The highest BCUT2D eigenvalue weighted by atomic mass is 32.1. The third-order valence-electron chi connectivity index (χ3n) is 11.5. The van der Waals surface area contributed by atoms with Crippen LogP contribution in [0.3, 0.4) is 0 Å². The molecule has 0 radical (unpaired) electrons. The number of imide groups is 1. The first-order chi connectivity index (χ1) is 28.3. The van der Waals surface area contributed by atoms with Gasteiger partial charge in [0.05, 0.1) is 29.4 Å². The van der Waals surface area contributed by atoms with Gasteiger partial charge in [-0.3, -0.25) is 39.2 Å². The first kappa shape index (κ1) is 44.3. The van der Waals surface area contributed by atoms with Crippen molar-refractivity contribution in [2.24, 2.45) is 5.92 Å². The van der Waals surface area contributed by atoms with Crippen molar-refractivity contribution in [2.75, 3.05) is 42.6 Å². The Morgan fingerprint density at radius 3 is 2.37 bits per heavy atom. The minimum Gasteiger partial charge on any atom is -0.489 e. The first-order valence-corrected chi connectivity index (χ1v) is 20.4. The molecule has 6 rings (SSSR count). The predicted octanol–water partition coefficient (Wildman–Crippen LogP) is 6.38. The number of thiocarbonyl (C=S) groups is 1. The average molecular weight is 849 g/mol. The monoisotopic (exact) mass is 848 g/mol. The van der Waals surface area contributed by atoms with Crippen molar-refractivity contribution in [1.82, 2.24) is 15.1 Å². The topological polar surface area (TPSA) is 126 Å². The Hall–Kier alpha value is -5.24. The summed E-state index contributed by atoms with van der Waals surface area (Å²) < 4.78 is 63.4. The highest BCUT2D eigenvalue weighted by Crippen LogP contribution is 2.41. The second-order valence-electron chi connectivity index (χ2n) is 16.3. The van der Waals surface area contributed by atoms with Crippen molar-refractivity contribution in [3.05, 3.63) is 88.2 Å². The summed E-state index contributed by atoms with van der Waals surface area (Å²) in [6.07, 6.45) is -2.88. The van der Waals surface area contributed by atoms with E-state index in [0.29, 0.717) is 50.9 Å². The molecule has 3 heterocycles. The molecular formula is C44H48F4N6O5S. The molecular weight excluding hydrogens is 801 g/mol. The quantitative estimate of drug-likeness (QED) is 0.118. The minimum absolute atomic E-state index is 0.0537. The lowest BCUT2D eigenvalue weighted by Crippen LogP contribution is -2.58. The van der Waals surface area contributed by atoms with Gasteiger partial charge >= 0.3 is 6.18 Å². The van der Waals surface area contributed by atoms with E-state index in [1.807, 2.05) is 31.2 Å². The SMILES string of the molecule is CCc1cc(N2C(=S)N(c3ccc(C#N)c(C(F)(F)F)c3)C(=O)C2(C)C)cc(F)c1OCCN1C[C@@H](C)N(CC(=O)Cc2cccc(CC3CCC(=O)NC3=O)c2)[C@@H](C)C1. The lowest BCUT2D eigenvalue weighted by atomic mass is 9.90. The summed E-state index contributed by atoms with van der Waals surface area (Å²) >= 11 is 5.65. The molecule has 318 valence electrons. The summed E-state index contributed by atoms with van der Waals surface area (Å²) in [4.78, 5) is 57.6. The molecule has 0 spiro atoms. The number of piperidine rings is 1. The number of carbonyl (C=O) groups is 4. The van der Waals surface area contributed by atoms with E-state index in [2.05, 4.69) is 29.0 Å². The van der Waals surface area contributed by atoms with Crippen LogP contribution in [0.5, 0.6) is 5.75 Å². The number of benzene rings is 3. The molecule has 11 nitrogen and oxygen atoms in total. The molecule has 0 aromatic heterocycles. The fraction of sp³-hybridized carbons (Fsp3) is 0.455. The molecule has 3 aromatic rings. The minimum atomic E-state index is -4.85. The maximum absolute atomic E-state index is 16.0. The highest BCUT2D eigenvalue weighted by Gasteiger charge is 2.51.